The minimum absolute atomic E-state index is 0.00698. The molecule has 0 fully saturated rings. The summed E-state index contributed by atoms with van der Waals surface area (Å²) in [6.45, 7) is 5.60. The van der Waals surface area contributed by atoms with Crippen molar-refractivity contribution in [3.63, 3.8) is 0 Å². The Bertz CT molecular complexity index is 1400. The highest BCUT2D eigenvalue weighted by Crippen LogP contribution is 2.29. The number of aryl methyl sites for hydroxylation is 1. The van der Waals surface area contributed by atoms with Crippen LogP contribution in [0.5, 0.6) is 0 Å². The molecule has 7 nitrogen and oxygen atoms in total. The number of hydrogen-bond acceptors (Lipinski definition) is 5. The largest absolute Gasteiger partial charge is 0.409 e. The topological polar surface area (TPSA) is 104 Å². The number of amides is 1. The molecule has 1 amide bonds. The highest BCUT2D eigenvalue weighted by atomic mass is 16.4. The van der Waals surface area contributed by atoms with Gasteiger partial charge in [-0.25, -0.2) is 4.98 Å². The van der Waals surface area contributed by atoms with Gasteiger partial charge in [-0.2, -0.15) is 0 Å². The quantitative estimate of drug-likeness (QED) is 0.110. The van der Waals surface area contributed by atoms with Crippen molar-refractivity contribution in [1.82, 2.24) is 4.98 Å². The number of oxime groups is 1. The van der Waals surface area contributed by atoms with Gasteiger partial charge in [0.05, 0.1) is 12.1 Å². The Morgan fingerprint density at radius 3 is 2.39 bits per heavy atom. The first-order valence-electron chi connectivity index (χ1n) is 12.7. The van der Waals surface area contributed by atoms with E-state index < -0.39 is 0 Å². The number of amidine groups is 1. The average Bonchev–Trinajstić information content (AvgIpc) is 2.94. The first-order valence-corrected chi connectivity index (χ1v) is 12.7. The summed E-state index contributed by atoms with van der Waals surface area (Å²) >= 11 is 0. The lowest BCUT2D eigenvalue weighted by Gasteiger charge is -2.25. The summed E-state index contributed by atoms with van der Waals surface area (Å²) in [4.78, 5) is 20.2. The molecule has 0 atom stereocenters. The van der Waals surface area contributed by atoms with Crippen LogP contribution in [-0.4, -0.2) is 28.5 Å². The summed E-state index contributed by atoms with van der Waals surface area (Å²) in [5.41, 5.74) is 11.7. The normalized spacial score (nSPS) is 11.3. The number of carbonyl (C=O) groups is 1. The van der Waals surface area contributed by atoms with E-state index in [4.69, 9.17) is 10.7 Å². The molecule has 0 aliphatic heterocycles. The van der Waals surface area contributed by atoms with Gasteiger partial charge in [0.1, 0.15) is 5.82 Å². The van der Waals surface area contributed by atoms with Gasteiger partial charge in [0.15, 0.2) is 5.84 Å². The van der Waals surface area contributed by atoms with E-state index in [2.05, 4.69) is 34.4 Å². The van der Waals surface area contributed by atoms with Crippen LogP contribution >= 0.6 is 0 Å². The summed E-state index contributed by atoms with van der Waals surface area (Å²) < 4.78 is 0. The summed E-state index contributed by atoms with van der Waals surface area (Å²) in [5, 5.41) is 15.6. The third-order valence-electron chi connectivity index (χ3n) is 6.20. The van der Waals surface area contributed by atoms with Gasteiger partial charge in [-0.05, 0) is 30.5 Å². The van der Waals surface area contributed by atoms with Crippen molar-refractivity contribution in [2.24, 2.45) is 10.9 Å². The monoisotopic (exact) mass is 507 g/mol. The third kappa shape index (κ3) is 6.76. The highest BCUT2D eigenvalue weighted by Gasteiger charge is 2.16. The van der Waals surface area contributed by atoms with Crippen molar-refractivity contribution in [2.75, 3.05) is 16.8 Å². The Morgan fingerprint density at radius 2 is 1.68 bits per heavy atom. The number of pyridine rings is 1. The molecule has 4 aromatic rings. The predicted octanol–water partition coefficient (Wildman–Crippen LogP) is 5.75. The fraction of sp³-hybridized carbons (Fsp3) is 0.194. The van der Waals surface area contributed by atoms with Gasteiger partial charge in [-0.15, -0.1) is 0 Å². The SMILES string of the molecule is CCCN(Cc1ccccc1)c1cc(NC(=O)Cc2ccc(C)cc2)cc(-c2ccccc2/C(N)=N/O)n1. The third-order valence-corrected chi connectivity index (χ3v) is 6.20. The maximum atomic E-state index is 13.0. The zero-order valence-electron chi connectivity index (χ0n) is 21.8. The van der Waals surface area contributed by atoms with Crippen molar-refractivity contribution in [1.29, 1.82) is 0 Å². The molecule has 0 spiro atoms. The van der Waals surface area contributed by atoms with Gasteiger partial charge in [-0.1, -0.05) is 96.5 Å². The molecular formula is C31H33N5O2. The molecule has 7 heteroatoms. The predicted molar refractivity (Wildman–Crippen MR) is 153 cm³/mol. The van der Waals surface area contributed by atoms with E-state index in [0.717, 1.165) is 35.5 Å². The molecule has 194 valence electrons. The molecular weight excluding hydrogens is 474 g/mol. The number of carbonyl (C=O) groups excluding carboxylic acids is 1. The maximum Gasteiger partial charge on any atom is 0.228 e. The second kappa shape index (κ2) is 12.5. The Kier molecular flexibility index (Phi) is 8.72. The highest BCUT2D eigenvalue weighted by molar-refractivity contribution is 6.03. The van der Waals surface area contributed by atoms with Crippen LogP contribution in [0.4, 0.5) is 11.5 Å². The summed E-state index contributed by atoms with van der Waals surface area (Å²) in [7, 11) is 0. The van der Waals surface area contributed by atoms with Crippen LogP contribution in [0.1, 0.15) is 35.6 Å². The lowest BCUT2D eigenvalue weighted by Crippen LogP contribution is -2.25. The Hall–Kier alpha value is -4.65. The molecule has 4 N–H and O–H groups in total. The van der Waals surface area contributed by atoms with E-state index in [0.29, 0.717) is 29.1 Å². The number of rotatable bonds is 10. The van der Waals surface area contributed by atoms with Crippen LogP contribution in [0.15, 0.2) is 96.2 Å². The number of anilines is 2. The van der Waals surface area contributed by atoms with Crippen LogP contribution in [0, 0.1) is 6.92 Å². The lowest BCUT2D eigenvalue weighted by atomic mass is 10.0. The Balaban J connectivity index is 1.74. The number of nitrogens with one attached hydrogen (secondary N) is 1. The van der Waals surface area contributed by atoms with Crippen LogP contribution in [0.2, 0.25) is 0 Å². The first-order chi connectivity index (χ1) is 18.5. The zero-order chi connectivity index (χ0) is 26.9. The fourth-order valence-electron chi connectivity index (χ4n) is 4.32. The van der Waals surface area contributed by atoms with Crippen LogP contribution in [-0.2, 0) is 17.8 Å². The van der Waals surface area contributed by atoms with Gasteiger partial charge < -0.3 is 21.2 Å². The van der Waals surface area contributed by atoms with E-state index in [1.807, 2.05) is 79.7 Å². The molecule has 0 radical (unpaired) electrons. The minimum atomic E-state index is -0.119. The first kappa shape index (κ1) is 26.4. The van der Waals surface area contributed by atoms with E-state index >= 15 is 0 Å². The van der Waals surface area contributed by atoms with E-state index in [-0.39, 0.29) is 18.2 Å². The van der Waals surface area contributed by atoms with Gasteiger partial charge in [0.25, 0.3) is 0 Å². The minimum Gasteiger partial charge on any atom is -0.409 e. The Labute approximate surface area is 223 Å². The smallest absolute Gasteiger partial charge is 0.228 e. The molecule has 0 aliphatic rings. The molecule has 0 bridgehead atoms. The van der Waals surface area contributed by atoms with E-state index in [1.54, 1.807) is 6.07 Å². The second-order valence-corrected chi connectivity index (χ2v) is 9.25. The lowest BCUT2D eigenvalue weighted by molar-refractivity contribution is -0.115. The maximum absolute atomic E-state index is 13.0. The van der Waals surface area contributed by atoms with Gasteiger partial charge in [0, 0.05) is 36.0 Å². The van der Waals surface area contributed by atoms with E-state index in [9.17, 15) is 10.0 Å². The molecule has 0 saturated carbocycles. The molecule has 1 aromatic heterocycles. The van der Waals surface area contributed by atoms with Crippen molar-refractivity contribution in [3.8, 4) is 11.3 Å². The summed E-state index contributed by atoms with van der Waals surface area (Å²) in [6, 6.07) is 29.2. The van der Waals surface area contributed by atoms with Crippen LogP contribution in [0.25, 0.3) is 11.3 Å². The molecule has 1 heterocycles. The van der Waals surface area contributed by atoms with E-state index in [1.165, 1.54) is 0 Å². The number of nitrogens with two attached hydrogens (primary N) is 1. The van der Waals surface area contributed by atoms with Gasteiger partial charge >= 0.3 is 0 Å². The standard InChI is InChI=1S/C31H33N5O2/c1-3-17-36(21-24-9-5-4-6-10-24)29-20-25(33-30(37)18-23-15-13-22(2)14-16-23)19-28(34-29)26-11-7-8-12-27(26)31(32)35-38/h4-16,19-20,38H,3,17-18,21H2,1-2H3,(H2,32,35)(H,33,34,37). The van der Waals surface area contributed by atoms with Crippen molar-refractivity contribution >= 4 is 23.2 Å². The Morgan fingerprint density at radius 1 is 0.974 bits per heavy atom. The number of benzene rings is 3. The van der Waals surface area contributed by atoms with Crippen molar-refractivity contribution < 1.29 is 10.0 Å². The molecule has 3 aromatic carbocycles. The fourth-order valence-corrected chi connectivity index (χ4v) is 4.32. The zero-order valence-corrected chi connectivity index (χ0v) is 21.8. The van der Waals surface area contributed by atoms with Gasteiger partial charge in [0.2, 0.25) is 5.91 Å². The van der Waals surface area contributed by atoms with Crippen molar-refractivity contribution in [2.45, 2.75) is 33.2 Å². The van der Waals surface area contributed by atoms with Crippen molar-refractivity contribution in [3.05, 3.63) is 113 Å². The molecule has 4 rings (SSSR count). The molecule has 0 aliphatic carbocycles. The summed E-state index contributed by atoms with van der Waals surface area (Å²) in [5.74, 6) is 0.604. The van der Waals surface area contributed by atoms with Gasteiger partial charge in [-0.3, -0.25) is 4.79 Å². The number of nitrogens with zero attached hydrogens (tertiary/aromatic N) is 3. The summed E-state index contributed by atoms with van der Waals surface area (Å²) in [6.07, 6.45) is 1.19. The van der Waals surface area contributed by atoms with Crippen LogP contribution < -0.4 is 16.0 Å². The molecule has 38 heavy (non-hydrogen) atoms. The number of hydrogen-bond donors (Lipinski definition) is 3. The molecule has 0 saturated heterocycles. The second-order valence-electron chi connectivity index (χ2n) is 9.25. The average molecular weight is 508 g/mol. The number of aromatic nitrogens is 1. The van der Waals surface area contributed by atoms with Crippen LogP contribution in [0.3, 0.4) is 0 Å². The molecule has 0 unspecified atom stereocenters.